The van der Waals surface area contributed by atoms with Gasteiger partial charge >= 0.3 is 6.18 Å². The van der Waals surface area contributed by atoms with E-state index >= 15 is 0 Å². The number of carbonyl (C=O) groups excluding carboxylic acids is 2. The number of amides is 2. The summed E-state index contributed by atoms with van der Waals surface area (Å²) < 4.78 is 38.5. The van der Waals surface area contributed by atoms with Gasteiger partial charge in [0.25, 0.3) is 5.91 Å². The Bertz CT molecular complexity index is 1090. The summed E-state index contributed by atoms with van der Waals surface area (Å²) in [6.07, 6.45) is -4.70. The summed E-state index contributed by atoms with van der Waals surface area (Å²) in [5, 5.41) is 6.43. The van der Waals surface area contributed by atoms with Gasteiger partial charge in [-0.2, -0.15) is 18.3 Å². The first kappa shape index (κ1) is 23.7. The lowest BCUT2D eigenvalue weighted by atomic mass is 9.91. The second-order valence-electron chi connectivity index (χ2n) is 7.38. The molecule has 8 heteroatoms. The Labute approximate surface area is 189 Å². The standard InChI is InChI=1S/C25H22F3N3O2/c1-17(15-22(32)29-21-14-8-13-20(16-21)25(26,27)28)30-31-24(33)23(18-9-4-2-5-10-18)19-11-6-3-7-12-19/h2-14,16,23H,15H2,1H3,(H,29,32)(H,31,33)/b30-17-. The number of anilines is 1. The minimum absolute atomic E-state index is 0.0277. The van der Waals surface area contributed by atoms with E-state index in [4.69, 9.17) is 0 Å². The maximum atomic E-state index is 12.9. The maximum Gasteiger partial charge on any atom is 0.416 e. The van der Waals surface area contributed by atoms with Gasteiger partial charge in [-0.3, -0.25) is 9.59 Å². The van der Waals surface area contributed by atoms with Gasteiger partial charge in [-0.25, -0.2) is 5.43 Å². The van der Waals surface area contributed by atoms with Crippen molar-refractivity contribution in [3.05, 3.63) is 102 Å². The van der Waals surface area contributed by atoms with Gasteiger partial charge < -0.3 is 5.32 Å². The molecular weight excluding hydrogens is 431 g/mol. The number of benzene rings is 3. The van der Waals surface area contributed by atoms with Gasteiger partial charge in [0, 0.05) is 11.4 Å². The van der Waals surface area contributed by atoms with Crippen molar-refractivity contribution in [2.75, 3.05) is 5.32 Å². The Balaban J connectivity index is 1.66. The van der Waals surface area contributed by atoms with Crippen LogP contribution in [0.1, 0.15) is 36.0 Å². The molecule has 170 valence electrons. The van der Waals surface area contributed by atoms with E-state index in [1.807, 2.05) is 60.7 Å². The highest BCUT2D eigenvalue weighted by Crippen LogP contribution is 2.30. The van der Waals surface area contributed by atoms with E-state index in [0.717, 1.165) is 23.3 Å². The van der Waals surface area contributed by atoms with E-state index < -0.39 is 23.6 Å². The summed E-state index contributed by atoms with van der Waals surface area (Å²) in [7, 11) is 0. The van der Waals surface area contributed by atoms with Crippen molar-refractivity contribution >= 4 is 23.2 Å². The summed E-state index contributed by atoms with van der Waals surface area (Å²) in [6, 6.07) is 22.8. The van der Waals surface area contributed by atoms with Crippen molar-refractivity contribution in [1.82, 2.24) is 5.43 Å². The molecule has 0 bridgehead atoms. The molecule has 33 heavy (non-hydrogen) atoms. The van der Waals surface area contributed by atoms with Crippen LogP contribution in [0, 0.1) is 0 Å². The lowest BCUT2D eigenvalue weighted by Gasteiger charge is -2.16. The maximum absolute atomic E-state index is 12.9. The molecule has 0 fully saturated rings. The van der Waals surface area contributed by atoms with Crippen LogP contribution in [0.3, 0.4) is 0 Å². The summed E-state index contributed by atoms with van der Waals surface area (Å²) in [6.45, 7) is 1.55. The molecule has 3 aromatic carbocycles. The fourth-order valence-electron chi connectivity index (χ4n) is 3.25. The van der Waals surface area contributed by atoms with Gasteiger partial charge in [0.1, 0.15) is 0 Å². The molecule has 3 rings (SSSR count). The molecule has 2 amide bonds. The molecule has 0 aromatic heterocycles. The average molecular weight is 453 g/mol. The zero-order valence-electron chi connectivity index (χ0n) is 17.8. The lowest BCUT2D eigenvalue weighted by molar-refractivity contribution is -0.137. The van der Waals surface area contributed by atoms with Gasteiger partial charge in [0.2, 0.25) is 5.91 Å². The highest BCUT2D eigenvalue weighted by molar-refractivity contribution is 6.05. The molecule has 3 aromatic rings. The van der Waals surface area contributed by atoms with Crippen LogP contribution in [0.5, 0.6) is 0 Å². The van der Waals surface area contributed by atoms with Gasteiger partial charge in [0.15, 0.2) is 0 Å². The van der Waals surface area contributed by atoms with Crippen LogP contribution in [-0.2, 0) is 15.8 Å². The number of hydrazone groups is 1. The number of carbonyl (C=O) groups is 2. The Hall–Kier alpha value is -3.94. The van der Waals surface area contributed by atoms with Crippen molar-refractivity contribution in [2.45, 2.75) is 25.4 Å². The number of alkyl halides is 3. The molecule has 5 nitrogen and oxygen atoms in total. The lowest BCUT2D eigenvalue weighted by Crippen LogP contribution is -2.27. The average Bonchev–Trinajstić information content (AvgIpc) is 2.79. The van der Waals surface area contributed by atoms with E-state index in [0.29, 0.717) is 5.71 Å². The summed E-state index contributed by atoms with van der Waals surface area (Å²) >= 11 is 0. The van der Waals surface area contributed by atoms with E-state index in [1.54, 1.807) is 6.92 Å². The summed E-state index contributed by atoms with van der Waals surface area (Å²) in [5.74, 6) is -1.51. The monoisotopic (exact) mass is 453 g/mol. The molecule has 0 spiro atoms. The van der Waals surface area contributed by atoms with Gasteiger partial charge in [0.05, 0.1) is 17.9 Å². The third-order valence-electron chi connectivity index (χ3n) is 4.78. The van der Waals surface area contributed by atoms with E-state index in [1.165, 1.54) is 12.1 Å². The van der Waals surface area contributed by atoms with Crippen LogP contribution < -0.4 is 10.7 Å². The number of nitrogens with one attached hydrogen (secondary N) is 2. The van der Waals surface area contributed by atoms with Crippen molar-refractivity contribution in [1.29, 1.82) is 0 Å². The van der Waals surface area contributed by atoms with E-state index in [-0.39, 0.29) is 18.0 Å². The minimum atomic E-state index is -4.50. The SMILES string of the molecule is C/C(CC(=O)Nc1cccc(C(F)(F)F)c1)=N/NC(=O)C(c1ccccc1)c1ccccc1. The molecule has 0 saturated heterocycles. The fourth-order valence-corrected chi connectivity index (χ4v) is 3.25. The zero-order valence-corrected chi connectivity index (χ0v) is 17.8. The van der Waals surface area contributed by atoms with E-state index in [2.05, 4.69) is 15.8 Å². The second-order valence-corrected chi connectivity index (χ2v) is 7.38. The van der Waals surface area contributed by atoms with Crippen molar-refractivity contribution < 1.29 is 22.8 Å². The number of hydrogen-bond donors (Lipinski definition) is 2. The molecule has 0 saturated carbocycles. The molecule has 0 aliphatic heterocycles. The Morgan fingerprint density at radius 1 is 0.879 bits per heavy atom. The molecular formula is C25H22F3N3O2. The van der Waals surface area contributed by atoms with Crippen LogP contribution in [0.2, 0.25) is 0 Å². The van der Waals surface area contributed by atoms with Crippen molar-refractivity contribution in [3.8, 4) is 0 Å². The molecule has 0 unspecified atom stereocenters. The predicted molar refractivity (Wildman–Crippen MR) is 121 cm³/mol. The number of halogens is 3. The second kappa shape index (κ2) is 10.6. The Morgan fingerprint density at radius 2 is 1.45 bits per heavy atom. The van der Waals surface area contributed by atoms with Crippen LogP contribution in [0.4, 0.5) is 18.9 Å². The van der Waals surface area contributed by atoms with E-state index in [9.17, 15) is 22.8 Å². The minimum Gasteiger partial charge on any atom is -0.326 e. The molecule has 0 atom stereocenters. The first-order valence-corrected chi connectivity index (χ1v) is 10.1. The van der Waals surface area contributed by atoms with Gasteiger partial charge in [-0.15, -0.1) is 0 Å². The first-order valence-electron chi connectivity index (χ1n) is 10.1. The molecule has 2 N–H and O–H groups in total. The molecule has 0 aliphatic rings. The Kier molecular flexibility index (Phi) is 7.61. The third kappa shape index (κ3) is 6.77. The van der Waals surface area contributed by atoms with Crippen LogP contribution in [0.25, 0.3) is 0 Å². The third-order valence-corrected chi connectivity index (χ3v) is 4.78. The van der Waals surface area contributed by atoms with Crippen LogP contribution >= 0.6 is 0 Å². The van der Waals surface area contributed by atoms with Crippen LogP contribution in [0.15, 0.2) is 90.0 Å². The predicted octanol–water partition coefficient (Wildman–Crippen LogP) is 5.36. The largest absolute Gasteiger partial charge is 0.416 e. The number of rotatable bonds is 7. The summed E-state index contributed by atoms with van der Waals surface area (Å²) in [4.78, 5) is 25.2. The quantitative estimate of drug-likeness (QED) is 0.374. The van der Waals surface area contributed by atoms with Crippen molar-refractivity contribution in [2.24, 2.45) is 5.10 Å². The zero-order chi connectivity index (χ0) is 23.8. The Morgan fingerprint density at radius 3 is 2.00 bits per heavy atom. The number of nitrogens with zero attached hydrogens (tertiary/aromatic N) is 1. The molecule has 0 radical (unpaired) electrons. The van der Waals surface area contributed by atoms with Crippen molar-refractivity contribution in [3.63, 3.8) is 0 Å². The number of hydrogen-bond acceptors (Lipinski definition) is 3. The highest BCUT2D eigenvalue weighted by Gasteiger charge is 2.30. The molecule has 0 aliphatic carbocycles. The highest BCUT2D eigenvalue weighted by atomic mass is 19.4. The first-order chi connectivity index (χ1) is 15.7. The van der Waals surface area contributed by atoms with Gasteiger partial charge in [-0.1, -0.05) is 66.7 Å². The smallest absolute Gasteiger partial charge is 0.326 e. The topological polar surface area (TPSA) is 70.6 Å². The fraction of sp³-hybridized carbons (Fsp3) is 0.160. The van der Waals surface area contributed by atoms with Crippen LogP contribution in [-0.4, -0.2) is 17.5 Å². The van der Waals surface area contributed by atoms with Gasteiger partial charge in [-0.05, 0) is 36.2 Å². The normalized spacial score (nSPS) is 11.8. The molecule has 0 heterocycles. The summed E-state index contributed by atoms with van der Waals surface area (Å²) in [5.41, 5.74) is 3.55.